The molecule has 6 N–H and O–H groups in total. The second-order valence-corrected chi connectivity index (χ2v) is 8.01. The first kappa shape index (κ1) is 19.4. The largest absolute Gasteiger partial charge is 0.511 e. The van der Waals surface area contributed by atoms with Crippen LogP contribution < -0.4 is 11.1 Å². The molecule has 8 nitrogen and oxygen atoms in total. The van der Waals surface area contributed by atoms with E-state index in [1.807, 2.05) is 0 Å². The molecule has 3 aliphatic carbocycles. The fourth-order valence-electron chi connectivity index (χ4n) is 5.20. The molecule has 0 fully saturated rings. The predicted molar refractivity (Wildman–Crippen MR) is 102 cm³/mol. The highest BCUT2D eigenvalue weighted by molar-refractivity contribution is 6.22. The lowest BCUT2D eigenvalue weighted by Crippen LogP contribution is -2.55. The Hall–Kier alpha value is -2.97. The van der Waals surface area contributed by atoms with Gasteiger partial charge in [-0.1, -0.05) is 24.3 Å². The van der Waals surface area contributed by atoms with Crippen LogP contribution in [0.4, 0.5) is 0 Å². The number of carbonyl (C=O) groups excluding carboxylic acids is 3. The summed E-state index contributed by atoms with van der Waals surface area (Å²) in [4.78, 5) is 37.9. The zero-order valence-corrected chi connectivity index (χ0v) is 16.0. The Kier molecular flexibility index (Phi) is 4.18. The molecule has 0 saturated carbocycles. The zero-order valence-electron chi connectivity index (χ0n) is 16.0. The molecule has 1 aromatic carbocycles. The van der Waals surface area contributed by atoms with Gasteiger partial charge in [0.05, 0.1) is 17.6 Å². The quantitative estimate of drug-likeness (QED) is 0.458. The van der Waals surface area contributed by atoms with Gasteiger partial charge >= 0.3 is 0 Å². The molecule has 0 saturated heterocycles. The summed E-state index contributed by atoms with van der Waals surface area (Å²) in [5.74, 6) is -5.98. The SMILES string of the molecule is CNC1C(O)=C(C(N)=O)C(=O)C2C(O)=C3C(=O)c4ccccc4C(C)(O)C3CC12. The molecule has 0 aliphatic heterocycles. The number of allylic oxidation sites excluding steroid dienone is 1. The molecule has 152 valence electrons. The Morgan fingerprint density at radius 2 is 1.86 bits per heavy atom. The van der Waals surface area contributed by atoms with Crippen LogP contribution >= 0.6 is 0 Å². The van der Waals surface area contributed by atoms with Crippen molar-refractivity contribution in [3.05, 3.63) is 58.1 Å². The topological polar surface area (TPSA) is 150 Å². The van der Waals surface area contributed by atoms with Crippen LogP contribution in [0.2, 0.25) is 0 Å². The number of hydrogen-bond acceptors (Lipinski definition) is 7. The summed E-state index contributed by atoms with van der Waals surface area (Å²) in [6.07, 6.45) is 0.143. The highest BCUT2D eigenvalue weighted by Crippen LogP contribution is 2.53. The molecule has 8 heteroatoms. The molecule has 29 heavy (non-hydrogen) atoms. The van der Waals surface area contributed by atoms with Gasteiger partial charge < -0.3 is 26.4 Å². The number of rotatable bonds is 2. The van der Waals surface area contributed by atoms with Gasteiger partial charge in [0.25, 0.3) is 5.91 Å². The molecule has 1 aromatic rings. The predicted octanol–water partition coefficient (Wildman–Crippen LogP) is 0.623. The number of carbonyl (C=O) groups is 3. The average molecular weight is 398 g/mol. The first-order valence-electron chi connectivity index (χ1n) is 9.36. The maximum atomic E-state index is 13.2. The van der Waals surface area contributed by atoms with Crippen molar-refractivity contribution in [2.45, 2.75) is 25.0 Å². The Bertz CT molecular complexity index is 1020. The number of amides is 1. The molecule has 0 radical (unpaired) electrons. The standard InChI is InChI=1S/C21H22N2O6/c1-21(29)10-6-4-3-5-8(10)16(24)13-11(21)7-9-12(17(13)25)18(26)14(20(22)28)19(27)15(9)23-2/h3-6,9,11-12,15,23,25,27,29H,7H2,1-2H3,(H2,22,28). The fourth-order valence-corrected chi connectivity index (χ4v) is 5.20. The van der Waals surface area contributed by atoms with Gasteiger partial charge in [0.15, 0.2) is 11.6 Å². The molecular weight excluding hydrogens is 376 g/mol. The highest BCUT2D eigenvalue weighted by Gasteiger charge is 2.57. The number of primary amides is 1. The first-order valence-corrected chi connectivity index (χ1v) is 9.36. The van der Waals surface area contributed by atoms with Crippen molar-refractivity contribution >= 4 is 17.5 Å². The molecule has 0 spiro atoms. The van der Waals surface area contributed by atoms with Crippen LogP contribution in [0.1, 0.15) is 29.3 Å². The molecule has 5 unspecified atom stereocenters. The third-order valence-corrected chi connectivity index (χ3v) is 6.56. The van der Waals surface area contributed by atoms with Crippen molar-refractivity contribution in [1.82, 2.24) is 5.32 Å². The Labute approximate surface area is 166 Å². The number of Topliss-reactive ketones (excluding diaryl/α,β-unsaturated/α-hetero) is 2. The molecule has 0 aromatic heterocycles. The van der Waals surface area contributed by atoms with Gasteiger partial charge in [0, 0.05) is 17.1 Å². The average Bonchev–Trinajstić information content (AvgIpc) is 2.66. The molecule has 5 atom stereocenters. The molecular formula is C21H22N2O6. The number of aliphatic hydroxyl groups excluding tert-OH is 2. The van der Waals surface area contributed by atoms with E-state index in [-0.39, 0.29) is 17.6 Å². The van der Waals surface area contributed by atoms with Crippen molar-refractivity contribution in [3.63, 3.8) is 0 Å². The number of nitrogens with two attached hydrogens (primary N) is 1. The highest BCUT2D eigenvalue weighted by atomic mass is 16.3. The molecule has 4 rings (SSSR count). The van der Waals surface area contributed by atoms with Gasteiger partial charge in [-0.15, -0.1) is 0 Å². The van der Waals surface area contributed by atoms with Gasteiger partial charge in [-0.05, 0) is 31.9 Å². The van der Waals surface area contributed by atoms with E-state index >= 15 is 0 Å². The summed E-state index contributed by atoms with van der Waals surface area (Å²) >= 11 is 0. The van der Waals surface area contributed by atoms with E-state index in [2.05, 4.69) is 5.32 Å². The van der Waals surface area contributed by atoms with Crippen molar-refractivity contribution < 1.29 is 29.7 Å². The summed E-state index contributed by atoms with van der Waals surface area (Å²) in [7, 11) is 1.54. The lowest BCUT2D eigenvalue weighted by Gasteiger charge is -2.48. The summed E-state index contributed by atoms with van der Waals surface area (Å²) in [5.41, 5.74) is 3.93. The number of nitrogens with one attached hydrogen (secondary N) is 1. The Morgan fingerprint density at radius 1 is 1.21 bits per heavy atom. The van der Waals surface area contributed by atoms with Crippen LogP contribution in [0.5, 0.6) is 0 Å². The monoisotopic (exact) mass is 398 g/mol. The minimum absolute atomic E-state index is 0.0247. The van der Waals surface area contributed by atoms with Gasteiger partial charge in [0.2, 0.25) is 0 Å². The molecule has 3 aliphatic rings. The van der Waals surface area contributed by atoms with E-state index < -0.39 is 64.0 Å². The van der Waals surface area contributed by atoms with Crippen LogP contribution in [0, 0.1) is 17.8 Å². The van der Waals surface area contributed by atoms with E-state index in [4.69, 9.17) is 5.73 Å². The zero-order chi connectivity index (χ0) is 21.2. The van der Waals surface area contributed by atoms with Crippen molar-refractivity contribution in [2.24, 2.45) is 23.5 Å². The third-order valence-electron chi connectivity index (χ3n) is 6.56. The first-order chi connectivity index (χ1) is 13.6. The van der Waals surface area contributed by atoms with Crippen molar-refractivity contribution in [1.29, 1.82) is 0 Å². The second-order valence-electron chi connectivity index (χ2n) is 8.01. The van der Waals surface area contributed by atoms with Gasteiger partial charge in [-0.2, -0.15) is 0 Å². The minimum Gasteiger partial charge on any atom is -0.511 e. The smallest absolute Gasteiger partial charge is 0.255 e. The molecule has 0 heterocycles. The maximum absolute atomic E-state index is 13.2. The van der Waals surface area contributed by atoms with Gasteiger partial charge in [0.1, 0.15) is 17.1 Å². The van der Waals surface area contributed by atoms with Crippen LogP contribution in [-0.4, -0.2) is 45.9 Å². The summed E-state index contributed by atoms with van der Waals surface area (Å²) in [5, 5.41) is 35.7. The fraction of sp³-hybridized carbons (Fsp3) is 0.381. The van der Waals surface area contributed by atoms with Gasteiger partial charge in [-0.3, -0.25) is 14.4 Å². The summed E-state index contributed by atoms with van der Waals surface area (Å²) in [6, 6.07) is 5.76. The van der Waals surface area contributed by atoms with E-state index in [0.717, 1.165) is 0 Å². The van der Waals surface area contributed by atoms with Crippen LogP contribution in [0.3, 0.4) is 0 Å². The van der Waals surface area contributed by atoms with Crippen molar-refractivity contribution in [2.75, 3.05) is 7.05 Å². The van der Waals surface area contributed by atoms with Crippen molar-refractivity contribution in [3.8, 4) is 0 Å². The lowest BCUT2D eigenvalue weighted by atomic mass is 9.57. The number of ketones is 2. The minimum atomic E-state index is -1.47. The Balaban J connectivity index is 1.95. The third kappa shape index (κ3) is 2.42. The maximum Gasteiger partial charge on any atom is 0.255 e. The van der Waals surface area contributed by atoms with E-state index in [1.54, 1.807) is 38.2 Å². The number of benzene rings is 1. The van der Waals surface area contributed by atoms with Gasteiger partial charge in [-0.25, -0.2) is 0 Å². The molecule has 0 bridgehead atoms. The van der Waals surface area contributed by atoms with Crippen LogP contribution in [-0.2, 0) is 15.2 Å². The second kappa shape index (κ2) is 6.27. The van der Waals surface area contributed by atoms with Crippen LogP contribution in [0.15, 0.2) is 46.9 Å². The number of hydrogen-bond donors (Lipinski definition) is 5. The van der Waals surface area contributed by atoms with E-state index in [9.17, 15) is 29.7 Å². The lowest BCUT2D eigenvalue weighted by molar-refractivity contribution is -0.127. The van der Waals surface area contributed by atoms with Crippen LogP contribution in [0.25, 0.3) is 0 Å². The normalized spacial score (nSPS) is 33.9. The molecule has 1 amide bonds. The number of aliphatic hydroxyl groups is 3. The van der Waals surface area contributed by atoms with E-state index in [0.29, 0.717) is 5.56 Å². The number of likely N-dealkylation sites (N-methyl/N-ethyl adjacent to an activating group) is 1. The van der Waals surface area contributed by atoms with E-state index in [1.165, 1.54) is 0 Å². The summed E-state index contributed by atoms with van der Waals surface area (Å²) < 4.78 is 0. The Morgan fingerprint density at radius 3 is 2.48 bits per heavy atom. The summed E-state index contributed by atoms with van der Waals surface area (Å²) in [6.45, 7) is 1.57. The number of fused-ring (bicyclic) bond motifs is 3.